The first kappa shape index (κ1) is 17.3. The van der Waals surface area contributed by atoms with Gasteiger partial charge in [0.1, 0.15) is 5.03 Å². The molecule has 0 spiro atoms. The van der Waals surface area contributed by atoms with Crippen molar-refractivity contribution in [2.75, 3.05) is 6.61 Å². The van der Waals surface area contributed by atoms with E-state index >= 15 is 0 Å². The maximum atomic E-state index is 12.4. The van der Waals surface area contributed by atoms with E-state index in [-0.39, 0.29) is 17.9 Å². The molecular weight excluding hydrogens is 366 g/mol. The van der Waals surface area contributed by atoms with Gasteiger partial charge in [0.2, 0.25) is 0 Å². The molecular formula is C19H15N3O4S. The molecule has 0 aliphatic carbocycles. The lowest BCUT2D eigenvalue weighted by molar-refractivity contribution is 0.0517. The summed E-state index contributed by atoms with van der Waals surface area (Å²) >= 11 is 1.55. The number of carbonyl (C=O) groups is 2. The normalized spacial score (nSPS) is 12.2. The molecule has 1 aromatic carbocycles. The topological polar surface area (TPSA) is 94.3 Å². The number of aromatic carboxylic acids is 1. The summed E-state index contributed by atoms with van der Waals surface area (Å²) in [6, 6.07) is 10.1. The fourth-order valence-electron chi connectivity index (χ4n) is 2.99. The van der Waals surface area contributed by atoms with E-state index in [0.29, 0.717) is 11.4 Å². The minimum atomic E-state index is -0.998. The number of aromatic nitrogens is 3. The monoisotopic (exact) mass is 381 g/mol. The average Bonchev–Trinajstić information content (AvgIpc) is 3.08. The number of esters is 1. The van der Waals surface area contributed by atoms with E-state index in [1.54, 1.807) is 41.7 Å². The molecule has 0 saturated carbocycles. The van der Waals surface area contributed by atoms with Crippen molar-refractivity contribution in [3.63, 3.8) is 0 Å². The van der Waals surface area contributed by atoms with Gasteiger partial charge in [0.05, 0.1) is 23.6 Å². The minimum absolute atomic E-state index is 0.183. The highest BCUT2D eigenvalue weighted by Crippen LogP contribution is 2.42. The molecule has 4 rings (SSSR count). The first-order valence-electron chi connectivity index (χ1n) is 8.31. The molecule has 0 unspecified atom stereocenters. The van der Waals surface area contributed by atoms with E-state index in [9.17, 15) is 9.59 Å². The maximum absolute atomic E-state index is 12.4. The summed E-state index contributed by atoms with van der Waals surface area (Å²) in [6.07, 6.45) is 1.73. The van der Waals surface area contributed by atoms with Crippen LogP contribution in [-0.2, 0) is 10.5 Å². The second kappa shape index (κ2) is 6.88. The Balaban J connectivity index is 1.92. The molecule has 0 fully saturated rings. The number of carboxylic acids is 1. The van der Waals surface area contributed by atoms with Crippen molar-refractivity contribution in [3.8, 4) is 16.9 Å². The van der Waals surface area contributed by atoms with E-state index in [1.165, 1.54) is 12.1 Å². The highest BCUT2D eigenvalue weighted by Gasteiger charge is 2.30. The molecule has 0 radical (unpaired) electrons. The van der Waals surface area contributed by atoms with Gasteiger partial charge in [0, 0.05) is 23.1 Å². The van der Waals surface area contributed by atoms with Crippen molar-refractivity contribution in [2.45, 2.75) is 17.7 Å². The zero-order chi connectivity index (χ0) is 19.0. The summed E-state index contributed by atoms with van der Waals surface area (Å²) in [5, 5.41) is 14.5. The van der Waals surface area contributed by atoms with Gasteiger partial charge in [-0.05, 0) is 43.3 Å². The van der Waals surface area contributed by atoms with Crippen LogP contribution in [0.4, 0.5) is 0 Å². The van der Waals surface area contributed by atoms with Crippen LogP contribution in [0, 0.1) is 0 Å². The fraction of sp³-hybridized carbons (Fsp3) is 0.158. The van der Waals surface area contributed by atoms with E-state index < -0.39 is 11.9 Å². The first-order valence-corrected chi connectivity index (χ1v) is 9.29. The van der Waals surface area contributed by atoms with Crippen molar-refractivity contribution >= 4 is 23.7 Å². The van der Waals surface area contributed by atoms with Crippen LogP contribution in [0.5, 0.6) is 0 Å². The molecule has 3 aromatic rings. The first-order chi connectivity index (χ1) is 13.1. The average molecular weight is 381 g/mol. The largest absolute Gasteiger partial charge is 0.478 e. The van der Waals surface area contributed by atoms with Crippen LogP contribution in [0.3, 0.4) is 0 Å². The fourth-order valence-corrected chi connectivity index (χ4v) is 4.00. The van der Waals surface area contributed by atoms with Gasteiger partial charge in [0.15, 0.2) is 5.69 Å². The highest BCUT2D eigenvalue weighted by atomic mass is 32.2. The van der Waals surface area contributed by atoms with E-state index in [1.807, 2.05) is 12.1 Å². The number of hydrogen-bond donors (Lipinski definition) is 1. The van der Waals surface area contributed by atoms with Crippen LogP contribution >= 0.6 is 11.8 Å². The van der Waals surface area contributed by atoms with Gasteiger partial charge >= 0.3 is 11.9 Å². The summed E-state index contributed by atoms with van der Waals surface area (Å²) in [6.45, 7) is 2.01. The van der Waals surface area contributed by atoms with Crippen molar-refractivity contribution < 1.29 is 19.4 Å². The lowest BCUT2D eigenvalue weighted by Gasteiger charge is -2.17. The Kier molecular flexibility index (Phi) is 4.41. The summed E-state index contributed by atoms with van der Waals surface area (Å²) in [7, 11) is 0. The number of fused-ring (bicyclic) bond motifs is 3. The minimum Gasteiger partial charge on any atom is -0.478 e. The zero-order valence-electron chi connectivity index (χ0n) is 14.4. The molecule has 0 bridgehead atoms. The third kappa shape index (κ3) is 2.97. The second-order valence-electron chi connectivity index (χ2n) is 5.80. The standard InChI is InChI=1S/C19H15N3O4S/c1-2-26-19(25)15-14-10-27-17-13(4-3-9-20-17)16(14)22(21-15)12-7-5-11(6-8-12)18(23)24/h3-9H,2,10H2,1H3,(H,23,24). The van der Waals surface area contributed by atoms with E-state index in [2.05, 4.69) is 10.1 Å². The highest BCUT2D eigenvalue weighted by molar-refractivity contribution is 7.98. The van der Waals surface area contributed by atoms with Crippen molar-refractivity contribution in [1.29, 1.82) is 0 Å². The molecule has 1 aliphatic heterocycles. The predicted molar refractivity (Wildman–Crippen MR) is 99.3 cm³/mol. The molecule has 1 aliphatic rings. The molecule has 0 saturated heterocycles. The van der Waals surface area contributed by atoms with Gasteiger partial charge in [-0.15, -0.1) is 11.8 Å². The molecule has 3 heterocycles. The molecule has 0 atom stereocenters. The van der Waals surface area contributed by atoms with Gasteiger partial charge < -0.3 is 9.84 Å². The molecule has 0 amide bonds. The second-order valence-corrected chi connectivity index (χ2v) is 6.77. The van der Waals surface area contributed by atoms with E-state index in [4.69, 9.17) is 9.84 Å². The SMILES string of the molecule is CCOC(=O)c1nn(-c2ccc(C(=O)O)cc2)c2c1CSc1ncccc1-2. The third-order valence-corrected chi connectivity index (χ3v) is 5.22. The Morgan fingerprint density at radius 1 is 1.26 bits per heavy atom. The number of carboxylic acid groups (broad SMARTS) is 1. The van der Waals surface area contributed by atoms with Gasteiger partial charge in [-0.3, -0.25) is 0 Å². The number of pyridine rings is 1. The quantitative estimate of drug-likeness (QED) is 0.692. The Bertz CT molecular complexity index is 1040. The lowest BCUT2D eigenvalue weighted by atomic mass is 10.1. The third-order valence-electron chi connectivity index (χ3n) is 4.19. The van der Waals surface area contributed by atoms with Crippen LogP contribution in [-0.4, -0.2) is 38.4 Å². The number of thioether (sulfide) groups is 1. The Labute approximate surface area is 159 Å². The summed E-state index contributed by atoms with van der Waals surface area (Å²) < 4.78 is 6.82. The number of carbonyl (C=O) groups excluding carboxylic acids is 1. The molecule has 7 nitrogen and oxygen atoms in total. The van der Waals surface area contributed by atoms with Gasteiger partial charge in [-0.2, -0.15) is 5.10 Å². The summed E-state index contributed by atoms with van der Waals surface area (Å²) in [5.41, 5.74) is 3.58. The summed E-state index contributed by atoms with van der Waals surface area (Å²) in [4.78, 5) is 27.9. The lowest BCUT2D eigenvalue weighted by Crippen LogP contribution is -2.08. The number of benzene rings is 1. The van der Waals surface area contributed by atoms with Gasteiger partial charge in [-0.25, -0.2) is 19.3 Å². The summed E-state index contributed by atoms with van der Waals surface area (Å²) in [5.74, 6) is -0.912. The van der Waals surface area contributed by atoms with Gasteiger partial charge in [0.25, 0.3) is 0 Å². The molecule has 1 N–H and O–H groups in total. The number of hydrogen-bond acceptors (Lipinski definition) is 6. The molecule has 136 valence electrons. The Morgan fingerprint density at radius 2 is 2.04 bits per heavy atom. The predicted octanol–water partition coefficient (Wildman–Crippen LogP) is 3.41. The van der Waals surface area contributed by atoms with Crippen LogP contribution in [0.1, 0.15) is 33.3 Å². The van der Waals surface area contributed by atoms with Crippen molar-refractivity contribution in [3.05, 3.63) is 59.4 Å². The smallest absolute Gasteiger partial charge is 0.359 e. The number of rotatable bonds is 4. The van der Waals surface area contributed by atoms with E-state index in [0.717, 1.165) is 21.8 Å². The van der Waals surface area contributed by atoms with Crippen molar-refractivity contribution in [2.24, 2.45) is 0 Å². The van der Waals surface area contributed by atoms with Crippen LogP contribution in [0.25, 0.3) is 16.9 Å². The van der Waals surface area contributed by atoms with Crippen LogP contribution < -0.4 is 0 Å². The Morgan fingerprint density at radius 3 is 2.74 bits per heavy atom. The Hall–Kier alpha value is -3.13. The maximum Gasteiger partial charge on any atom is 0.359 e. The van der Waals surface area contributed by atoms with Crippen molar-refractivity contribution in [1.82, 2.24) is 14.8 Å². The molecule has 8 heteroatoms. The number of nitrogens with zero attached hydrogens (tertiary/aromatic N) is 3. The molecule has 2 aromatic heterocycles. The number of ether oxygens (including phenoxy) is 1. The van der Waals surface area contributed by atoms with Gasteiger partial charge in [-0.1, -0.05) is 0 Å². The van der Waals surface area contributed by atoms with Crippen LogP contribution in [0.15, 0.2) is 47.6 Å². The van der Waals surface area contributed by atoms with Crippen LogP contribution in [0.2, 0.25) is 0 Å². The molecule has 27 heavy (non-hydrogen) atoms. The zero-order valence-corrected chi connectivity index (χ0v) is 15.2.